The fourth-order valence-corrected chi connectivity index (χ4v) is 2.79. The summed E-state index contributed by atoms with van der Waals surface area (Å²) in [7, 11) is 0. The van der Waals surface area contributed by atoms with Gasteiger partial charge in [-0.05, 0) is 18.2 Å². The van der Waals surface area contributed by atoms with Crippen molar-refractivity contribution >= 4 is 29.6 Å². The van der Waals surface area contributed by atoms with Crippen LogP contribution in [0.15, 0.2) is 33.8 Å². The molecular weight excluding hydrogens is 425 g/mol. The summed E-state index contributed by atoms with van der Waals surface area (Å²) in [5.74, 6) is -0.549. The van der Waals surface area contributed by atoms with Gasteiger partial charge in [0.05, 0.1) is 11.8 Å². The lowest BCUT2D eigenvalue weighted by Crippen LogP contribution is -2.23. The third kappa shape index (κ3) is 6.87. The van der Waals surface area contributed by atoms with E-state index in [1.807, 2.05) is 0 Å². The molecule has 1 N–H and O–H groups in total. The van der Waals surface area contributed by atoms with Crippen molar-refractivity contribution < 1.29 is 27.3 Å². The van der Waals surface area contributed by atoms with E-state index in [1.54, 1.807) is 20.8 Å². The Hall–Kier alpha value is -2.89. The number of hydrogen-bond acceptors (Lipinski definition) is 7. The summed E-state index contributed by atoms with van der Waals surface area (Å²) < 4.78 is 44.2. The number of aromatic nitrogens is 2. The van der Waals surface area contributed by atoms with Crippen LogP contribution in [0, 0.1) is 10.1 Å². The zero-order valence-corrected chi connectivity index (χ0v) is 17.1. The minimum Gasteiger partial charge on any atom is -0.401 e. The molecule has 12 heteroatoms. The van der Waals surface area contributed by atoms with E-state index < -0.39 is 34.0 Å². The zero-order valence-electron chi connectivity index (χ0n) is 16.3. The molecule has 0 atom stereocenters. The highest BCUT2D eigenvalue weighted by Gasteiger charge is 2.34. The molecule has 0 unspecified atom stereocenters. The van der Waals surface area contributed by atoms with Gasteiger partial charge in [0.2, 0.25) is 5.91 Å². The average Bonchev–Trinajstić information content (AvgIpc) is 3.11. The van der Waals surface area contributed by atoms with E-state index in [0.717, 1.165) is 30.0 Å². The number of furan rings is 1. The average molecular weight is 444 g/mol. The molecule has 0 saturated carbocycles. The first kappa shape index (κ1) is 23.4. The van der Waals surface area contributed by atoms with Crippen molar-refractivity contribution in [2.24, 2.45) is 0 Å². The van der Waals surface area contributed by atoms with Gasteiger partial charge in [0, 0.05) is 23.8 Å². The molecule has 0 radical (unpaired) electrons. The van der Waals surface area contributed by atoms with Crippen LogP contribution < -0.4 is 5.32 Å². The number of nitro groups is 1. The van der Waals surface area contributed by atoms with Gasteiger partial charge in [0.1, 0.15) is 16.4 Å². The molecule has 0 aliphatic heterocycles. The number of rotatable bonds is 7. The number of amides is 1. The van der Waals surface area contributed by atoms with Crippen LogP contribution in [0.4, 0.5) is 19.1 Å². The predicted molar refractivity (Wildman–Crippen MR) is 104 cm³/mol. The third-order valence-corrected chi connectivity index (χ3v) is 4.44. The van der Waals surface area contributed by atoms with Crippen molar-refractivity contribution in [2.75, 3.05) is 12.3 Å². The van der Waals surface area contributed by atoms with Crippen molar-refractivity contribution in [3.63, 3.8) is 0 Å². The minimum absolute atomic E-state index is 0.0255. The molecule has 2 heterocycles. The number of hydrogen-bond donors (Lipinski definition) is 1. The van der Waals surface area contributed by atoms with Gasteiger partial charge >= 0.3 is 12.1 Å². The van der Waals surface area contributed by atoms with Gasteiger partial charge < -0.3 is 9.73 Å². The van der Waals surface area contributed by atoms with Crippen molar-refractivity contribution in [2.45, 2.75) is 37.5 Å². The Kier molecular flexibility index (Phi) is 7.24. The molecular formula is C18H19F3N4O4S. The fraction of sp³-hybridized carbons (Fsp3) is 0.389. The first-order chi connectivity index (χ1) is 13.9. The summed E-state index contributed by atoms with van der Waals surface area (Å²) in [6, 6.07) is 3.44. The molecule has 162 valence electrons. The molecule has 0 aliphatic carbocycles. The quantitative estimate of drug-likeness (QED) is 0.170. The second-order valence-corrected chi connectivity index (χ2v) is 8.14. The molecule has 0 fully saturated rings. The summed E-state index contributed by atoms with van der Waals surface area (Å²) in [6.45, 7) is 5.41. The Morgan fingerprint density at radius 1 is 1.27 bits per heavy atom. The highest BCUT2D eigenvalue weighted by molar-refractivity contribution is 7.99. The lowest BCUT2D eigenvalue weighted by molar-refractivity contribution is -0.402. The maximum atomic E-state index is 13.1. The van der Waals surface area contributed by atoms with Crippen LogP contribution in [0.1, 0.15) is 37.9 Å². The molecule has 0 saturated heterocycles. The number of carbonyl (C=O) groups is 1. The predicted octanol–water partition coefficient (Wildman–Crippen LogP) is 4.22. The summed E-state index contributed by atoms with van der Waals surface area (Å²) >= 11 is 0.989. The summed E-state index contributed by atoms with van der Waals surface area (Å²) in [6.07, 6.45) is -2.19. The number of alkyl halides is 3. The van der Waals surface area contributed by atoms with Crippen LogP contribution in [0.2, 0.25) is 0 Å². The molecule has 30 heavy (non-hydrogen) atoms. The summed E-state index contributed by atoms with van der Waals surface area (Å²) in [4.78, 5) is 29.4. The maximum Gasteiger partial charge on any atom is 0.433 e. The molecule has 2 aromatic rings. The van der Waals surface area contributed by atoms with E-state index >= 15 is 0 Å². The van der Waals surface area contributed by atoms with Gasteiger partial charge in [0.25, 0.3) is 0 Å². The third-order valence-electron chi connectivity index (χ3n) is 3.59. The molecule has 0 spiro atoms. The van der Waals surface area contributed by atoms with E-state index in [4.69, 9.17) is 4.42 Å². The van der Waals surface area contributed by atoms with Crippen molar-refractivity contribution in [1.29, 1.82) is 0 Å². The minimum atomic E-state index is -4.59. The van der Waals surface area contributed by atoms with Gasteiger partial charge in [0.15, 0.2) is 5.16 Å². The van der Waals surface area contributed by atoms with E-state index in [9.17, 15) is 28.1 Å². The molecule has 2 aromatic heterocycles. The first-order valence-corrected chi connectivity index (χ1v) is 9.64. The number of thioether (sulfide) groups is 1. The molecule has 0 aliphatic rings. The molecule has 1 amide bonds. The van der Waals surface area contributed by atoms with Crippen molar-refractivity contribution in [3.05, 3.63) is 51.5 Å². The van der Waals surface area contributed by atoms with Crippen LogP contribution in [0.25, 0.3) is 6.08 Å². The van der Waals surface area contributed by atoms with Gasteiger partial charge in [-0.1, -0.05) is 32.5 Å². The molecule has 2 rings (SSSR count). The van der Waals surface area contributed by atoms with E-state index in [0.29, 0.717) is 0 Å². The monoisotopic (exact) mass is 444 g/mol. The van der Waals surface area contributed by atoms with Crippen LogP contribution in [-0.4, -0.2) is 33.1 Å². The number of nitrogens with one attached hydrogen (secondary N) is 1. The Labute approximate surface area is 174 Å². The van der Waals surface area contributed by atoms with Gasteiger partial charge in [-0.3, -0.25) is 14.9 Å². The van der Waals surface area contributed by atoms with Crippen LogP contribution >= 0.6 is 11.8 Å². The lowest BCUT2D eigenvalue weighted by Gasteiger charge is -2.19. The second-order valence-electron chi connectivity index (χ2n) is 7.07. The normalized spacial score (nSPS) is 12.3. The summed E-state index contributed by atoms with van der Waals surface area (Å²) in [5, 5.41) is 13.0. The highest BCUT2D eigenvalue weighted by Crippen LogP contribution is 2.32. The van der Waals surface area contributed by atoms with Gasteiger partial charge in [-0.15, -0.1) is 0 Å². The van der Waals surface area contributed by atoms with Gasteiger partial charge in [-0.2, -0.15) is 13.2 Å². The number of carbonyl (C=O) groups excluding carboxylic acids is 1. The van der Waals surface area contributed by atoms with Crippen LogP contribution in [-0.2, 0) is 16.4 Å². The van der Waals surface area contributed by atoms with E-state index in [-0.39, 0.29) is 28.9 Å². The Morgan fingerprint density at radius 2 is 1.93 bits per heavy atom. The van der Waals surface area contributed by atoms with Crippen molar-refractivity contribution in [3.8, 4) is 0 Å². The summed E-state index contributed by atoms with van der Waals surface area (Å²) in [5.41, 5.74) is -1.32. The fourth-order valence-electron chi connectivity index (χ4n) is 2.08. The van der Waals surface area contributed by atoms with Crippen molar-refractivity contribution in [1.82, 2.24) is 15.3 Å². The van der Waals surface area contributed by atoms with E-state index in [2.05, 4.69) is 15.3 Å². The van der Waals surface area contributed by atoms with Gasteiger partial charge in [-0.25, -0.2) is 9.97 Å². The highest BCUT2D eigenvalue weighted by atomic mass is 32.2. The second kappa shape index (κ2) is 9.28. The number of nitrogens with zero attached hydrogens (tertiary/aromatic N) is 3. The Balaban J connectivity index is 1.92. The maximum absolute atomic E-state index is 13.1. The lowest BCUT2D eigenvalue weighted by atomic mass is 9.91. The molecule has 0 bridgehead atoms. The topological polar surface area (TPSA) is 111 Å². The zero-order chi connectivity index (χ0) is 22.5. The van der Waals surface area contributed by atoms with E-state index in [1.165, 1.54) is 12.1 Å². The SMILES string of the molecule is CC(C)(C)c1cc(C(F)(F)F)nc(SCCNC(=O)/C=C/c2ccc([N+](=O)[O-])o2)n1. The Morgan fingerprint density at radius 3 is 2.50 bits per heavy atom. The smallest absolute Gasteiger partial charge is 0.401 e. The molecule has 0 aromatic carbocycles. The standard InChI is InChI=1S/C18H19F3N4O4S/c1-17(2,3)12-10-13(18(19,20)21)24-16(23-12)30-9-8-22-14(26)6-4-11-5-7-15(29-11)25(27)28/h4-7,10H,8-9H2,1-3H3,(H,22,26)/b6-4+. The Bertz CT molecular complexity index is 919. The first-order valence-electron chi connectivity index (χ1n) is 8.66. The van der Waals surface area contributed by atoms with Crippen LogP contribution in [0.5, 0.6) is 0 Å². The largest absolute Gasteiger partial charge is 0.433 e. The molecule has 8 nitrogen and oxygen atoms in total. The van der Waals surface area contributed by atoms with Crippen LogP contribution in [0.3, 0.4) is 0 Å². The number of halogens is 3.